The first-order valence-corrected chi connectivity index (χ1v) is 8.15. The average Bonchev–Trinajstić information content (AvgIpc) is 3.28. The van der Waals surface area contributed by atoms with Crippen LogP contribution in [0, 0.1) is 0 Å². The maximum atomic E-state index is 13.4. The first-order valence-electron chi connectivity index (χ1n) is 8.15. The zero-order valence-corrected chi connectivity index (χ0v) is 14.6. The Bertz CT molecular complexity index is 931. The number of carbonyl (C=O) groups is 1. The Hall–Kier alpha value is -3.17. The number of halogens is 3. The third-order valence-corrected chi connectivity index (χ3v) is 3.80. The van der Waals surface area contributed by atoms with Crippen LogP contribution in [0.15, 0.2) is 43.0 Å². The predicted octanol–water partition coefficient (Wildman–Crippen LogP) is 2.99. The number of nitrogens with zero attached hydrogens (tertiary/aromatic N) is 5. The summed E-state index contributed by atoms with van der Waals surface area (Å²) in [7, 11) is 0. The third kappa shape index (κ3) is 3.99. The van der Waals surface area contributed by atoms with Gasteiger partial charge in [-0.2, -0.15) is 23.4 Å². The fourth-order valence-corrected chi connectivity index (χ4v) is 2.58. The van der Waals surface area contributed by atoms with Crippen LogP contribution in [0.1, 0.15) is 41.5 Å². The zero-order valence-electron chi connectivity index (χ0n) is 14.6. The molecule has 27 heavy (non-hydrogen) atoms. The summed E-state index contributed by atoms with van der Waals surface area (Å²) in [5, 5.41) is 10.3. The third-order valence-electron chi connectivity index (χ3n) is 3.80. The summed E-state index contributed by atoms with van der Waals surface area (Å²) in [4.78, 5) is 16.5. The number of aromatic nitrogens is 5. The molecular weight excluding hydrogens is 361 g/mol. The molecule has 0 radical (unpaired) electrons. The summed E-state index contributed by atoms with van der Waals surface area (Å²) >= 11 is 0. The monoisotopic (exact) mass is 378 g/mol. The van der Waals surface area contributed by atoms with Crippen LogP contribution >= 0.6 is 0 Å². The molecule has 10 heteroatoms. The van der Waals surface area contributed by atoms with E-state index in [0.717, 1.165) is 10.9 Å². The van der Waals surface area contributed by atoms with Crippen LogP contribution in [0.5, 0.6) is 0 Å². The number of amides is 1. The molecule has 0 atom stereocenters. The van der Waals surface area contributed by atoms with Gasteiger partial charge < -0.3 is 5.32 Å². The molecule has 7 nitrogen and oxygen atoms in total. The highest BCUT2D eigenvalue weighted by molar-refractivity contribution is 5.95. The summed E-state index contributed by atoms with van der Waals surface area (Å²) in [6.45, 7) is 3.18. The first-order chi connectivity index (χ1) is 12.8. The Morgan fingerprint density at radius 2 is 2.04 bits per heavy atom. The van der Waals surface area contributed by atoms with Crippen LogP contribution < -0.4 is 5.32 Å². The number of pyridine rings is 1. The minimum atomic E-state index is -4.68. The molecule has 3 aromatic rings. The number of hydrogen-bond donors (Lipinski definition) is 1. The quantitative estimate of drug-likeness (QED) is 0.740. The zero-order chi connectivity index (χ0) is 19.6. The lowest BCUT2D eigenvalue weighted by Crippen LogP contribution is -2.27. The van der Waals surface area contributed by atoms with E-state index in [9.17, 15) is 18.0 Å². The standard InChI is InChI=1S/C17H17F3N6O/c1-11(2)26-15(17(18,19)20)13(10-24-26)16(27)22-9-12-4-6-21-14(8-12)25-7-3-5-23-25/h3-8,10-11H,9H2,1-2H3,(H,22,27). The second-order valence-electron chi connectivity index (χ2n) is 6.10. The van der Waals surface area contributed by atoms with E-state index in [1.165, 1.54) is 6.20 Å². The second-order valence-corrected chi connectivity index (χ2v) is 6.10. The Morgan fingerprint density at radius 1 is 1.26 bits per heavy atom. The van der Waals surface area contributed by atoms with Crippen LogP contribution in [0.3, 0.4) is 0 Å². The molecule has 0 aromatic carbocycles. The van der Waals surface area contributed by atoms with Crippen molar-refractivity contribution in [1.29, 1.82) is 0 Å². The van der Waals surface area contributed by atoms with Gasteiger partial charge in [-0.1, -0.05) is 0 Å². The Balaban J connectivity index is 1.78. The predicted molar refractivity (Wildman–Crippen MR) is 90.1 cm³/mol. The Morgan fingerprint density at radius 3 is 2.67 bits per heavy atom. The molecule has 0 fully saturated rings. The number of rotatable bonds is 5. The first kappa shape index (κ1) is 18.6. The molecular formula is C17H17F3N6O. The fourth-order valence-electron chi connectivity index (χ4n) is 2.58. The van der Waals surface area contributed by atoms with E-state index in [0.29, 0.717) is 11.4 Å². The molecule has 3 aromatic heterocycles. The summed E-state index contributed by atoms with van der Waals surface area (Å²) < 4.78 is 42.5. The van der Waals surface area contributed by atoms with Gasteiger partial charge in [-0.05, 0) is 37.6 Å². The van der Waals surface area contributed by atoms with Crippen molar-refractivity contribution < 1.29 is 18.0 Å². The molecule has 0 aliphatic rings. The molecule has 3 heterocycles. The van der Waals surface area contributed by atoms with Gasteiger partial charge in [0.25, 0.3) is 5.91 Å². The molecule has 0 saturated carbocycles. The number of nitrogens with one attached hydrogen (secondary N) is 1. The minimum absolute atomic E-state index is 0.0414. The molecule has 1 N–H and O–H groups in total. The van der Waals surface area contributed by atoms with Crippen LogP contribution in [0.25, 0.3) is 5.82 Å². The van der Waals surface area contributed by atoms with Crippen molar-refractivity contribution in [3.8, 4) is 5.82 Å². The lowest BCUT2D eigenvalue weighted by atomic mass is 10.2. The van der Waals surface area contributed by atoms with Crippen LogP contribution in [0.4, 0.5) is 13.2 Å². The van der Waals surface area contributed by atoms with Crippen molar-refractivity contribution in [2.24, 2.45) is 0 Å². The van der Waals surface area contributed by atoms with E-state index in [1.807, 2.05) is 0 Å². The van der Waals surface area contributed by atoms with E-state index in [-0.39, 0.29) is 6.54 Å². The van der Waals surface area contributed by atoms with Gasteiger partial charge in [-0.15, -0.1) is 0 Å². The summed E-state index contributed by atoms with van der Waals surface area (Å²) in [5.41, 5.74) is -0.881. The van der Waals surface area contributed by atoms with Crippen molar-refractivity contribution >= 4 is 5.91 Å². The van der Waals surface area contributed by atoms with E-state index >= 15 is 0 Å². The number of carbonyl (C=O) groups excluding carboxylic acids is 1. The van der Waals surface area contributed by atoms with Crippen LogP contribution in [-0.4, -0.2) is 30.5 Å². The molecule has 3 rings (SSSR count). The lowest BCUT2D eigenvalue weighted by molar-refractivity contribution is -0.145. The molecule has 0 aliphatic carbocycles. The highest BCUT2D eigenvalue weighted by Gasteiger charge is 2.40. The molecule has 0 bridgehead atoms. The van der Waals surface area contributed by atoms with Gasteiger partial charge in [0.2, 0.25) is 0 Å². The van der Waals surface area contributed by atoms with Gasteiger partial charge in [-0.3, -0.25) is 9.48 Å². The minimum Gasteiger partial charge on any atom is -0.348 e. The SMILES string of the molecule is CC(C)n1ncc(C(=O)NCc2ccnc(-n3cccn3)c2)c1C(F)(F)F. The van der Waals surface area contributed by atoms with E-state index in [1.54, 1.807) is 49.1 Å². The van der Waals surface area contributed by atoms with Crippen molar-refractivity contribution in [2.75, 3.05) is 0 Å². The smallest absolute Gasteiger partial charge is 0.348 e. The van der Waals surface area contributed by atoms with Gasteiger partial charge >= 0.3 is 6.18 Å². The maximum Gasteiger partial charge on any atom is 0.433 e. The number of alkyl halides is 3. The van der Waals surface area contributed by atoms with E-state index < -0.39 is 29.4 Å². The summed E-state index contributed by atoms with van der Waals surface area (Å²) in [6.07, 6.45) is 1.11. The van der Waals surface area contributed by atoms with Crippen molar-refractivity contribution in [3.63, 3.8) is 0 Å². The molecule has 0 saturated heterocycles. The van der Waals surface area contributed by atoms with Crippen molar-refractivity contribution in [3.05, 3.63) is 59.8 Å². The van der Waals surface area contributed by atoms with Crippen molar-refractivity contribution in [1.82, 2.24) is 29.9 Å². The number of hydrogen-bond acceptors (Lipinski definition) is 4. The van der Waals surface area contributed by atoms with Crippen LogP contribution in [0.2, 0.25) is 0 Å². The van der Waals surface area contributed by atoms with Gasteiger partial charge in [-0.25, -0.2) is 9.67 Å². The summed E-state index contributed by atoms with van der Waals surface area (Å²) in [5.74, 6) is -0.304. The average molecular weight is 378 g/mol. The molecule has 0 aliphatic heterocycles. The van der Waals surface area contributed by atoms with Gasteiger partial charge in [0.1, 0.15) is 0 Å². The largest absolute Gasteiger partial charge is 0.433 e. The maximum absolute atomic E-state index is 13.4. The molecule has 0 spiro atoms. The topological polar surface area (TPSA) is 77.6 Å². The lowest BCUT2D eigenvalue weighted by Gasteiger charge is -2.15. The molecule has 0 unspecified atom stereocenters. The van der Waals surface area contributed by atoms with Gasteiger partial charge in [0, 0.05) is 31.2 Å². The normalized spacial score (nSPS) is 11.8. The van der Waals surface area contributed by atoms with Crippen LogP contribution in [-0.2, 0) is 12.7 Å². The molecule has 1 amide bonds. The fraction of sp³-hybridized carbons (Fsp3) is 0.294. The van der Waals surface area contributed by atoms with E-state index in [4.69, 9.17) is 0 Å². The van der Waals surface area contributed by atoms with E-state index in [2.05, 4.69) is 20.5 Å². The summed E-state index contributed by atoms with van der Waals surface area (Å²) in [6, 6.07) is 4.56. The highest BCUT2D eigenvalue weighted by atomic mass is 19.4. The van der Waals surface area contributed by atoms with Crippen molar-refractivity contribution in [2.45, 2.75) is 32.6 Å². The Kier molecular flexibility index (Phi) is 4.98. The Labute approximate surface area is 152 Å². The molecule has 142 valence electrons. The second kappa shape index (κ2) is 7.22. The van der Waals surface area contributed by atoms with Gasteiger partial charge in [0.05, 0.1) is 11.8 Å². The van der Waals surface area contributed by atoms with Gasteiger partial charge in [0.15, 0.2) is 11.5 Å². The highest BCUT2D eigenvalue weighted by Crippen LogP contribution is 2.33.